The Morgan fingerprint density at radius 3 is 1.53 bits per heavy atom. The van der Waals surface area contributed by atoms with Crippen molar-refractivity contribution in [1.82, 2.24) is 0 Å². The maximum absolute atomic E-state index is 6.64. The molecule has 0 aromatic carbocycles. The molecule has 0 saturated carbocycles. The summed E-state index contributed by atoms with van der Waals surface area (Å²) in [6, 6.07) is 0.177. The molecular weight excluding hydrogens is 422 g/mol. The summed E-state index contributed by atoms with van der Waals surface area (Å²) in [4.78, 5) is 0. The van der Waals surface area contributed by atoms with Gasteiger partial charge in [-0.05, 0) is 69.6 Å². The summed E-state index contributed by atoms with van der Waals surface area (Å²) in [7, 11) is 1.83. The van der Waals surface area contributed by atoms with Gasteiger partial charge in [0.1, 0.15) is 0 Å². The highest BCUT2D eigenvalue weighted by Gasteiger charge is 2.32. The van der Waals surface area contributed by atoms with Crippen LogP contribution >= 0.6 is 0 Å². The number of unbranched alkanes of at least 4 members (excludes halogenated alkanes) is 3. The maximum atomic E-state index is 6.64. The first-order valence-electron chi connectivity index (χ1n) is 14.9. The van der Waals surface area contributed by atoms with E-state index in [1.165, 1.54) is 70.6 Å². The lowest BCUT2D eigenvalue weighted by atomic mass is 9.72. The van der Waals surface area contributed by atoms with Gasteiger partial charge in [0.2, 0.25) is 0 Å². The van der Waals surface area contributed by atoms with Gasteiger partial charge in [-0.15, -0.1) is 0 Å². The van der Waals surface area contributed by atoms with Crippen LogP contribution < -0.4 is 5.73 Å². The van der Waals surface area contributed by atoms with Crippen LogP contribution in [0.5, 0.6) is 0 Å². The van der Waals surface area contributed by atoms with Crippen molar-refractivity contribution in [1.29, 1.82) is 0 Å². The van der Waals surface area contributed by atoms with Crippen molar-refractivity contribution in [3.63, 3.8) is 0 Å². The van der Waals surface area contributed by atoms with Crippen LogP contribution in [0.25, 0.3) is 0 Å². The molecule has 0 amide bonds. The number of ether oxygens (including phenoxy) is 3. The van der Waals surface area contributed by atoms with Gasteiger partial charge in [0.05, 0.1) is 5.60 Å². The molecule has 0 aliphatic carbocycles. The van der Waals surface area contributed by atoms with E-state index in [0.29, 0.717) is 5.41 Å². The second-order valence-corrected chi connectivity index (χ2v) is 10.8. The fraction of sp³-hybridized carbons (Fsp3) is 1.00. The fourth-order valence-electron chi connectivity index (χ4n) is 5.81. The molecule has 206 valence electrons. The second-order valence-electron chi connectivity index (χ2n) is 10.8. The summed E-state index contributed by atoms with van der Waals surface area (Å²) >= 11 is 0. The van der Waals surface area contributed by atoms with Gasteiger partial charge in [-0.3, -0.25) is 0 Å². The molecule has 0 spiro atoms. The molecular formula is C30H63NO3. The summed E-state index contributed by atoms with van der Waals surface area (Å²) in [6.45, 7) is 14.5. The molecule has 0 heterocycles. The van der Waals surface area contributed by atoms with E-state index < -0.39 is 0 Å². The Morgan fingerprint density at radius 2 is 1.09 bits per heavy atom. The quantitative estimate of drug-likeness (QED) is 0.125. The number of methoxy groups -OCH3 is 1. The third-order valence-electron chi connectivity index (χ3n) is 7.54. The third kappa shape index (κ3) is 15.8. The molecule has 0 aliphatic heterocycles. The van der Waals surface area contributed by atoms with E-state index in [9.17, 15) is 0 Å². The zero-order chi connectivity index (χ0) is 25.5. The van der Waals surface area contributed by atoms with Crippen molar-refractivity contribution < 1.29 is 14.2 Å². The minimum Gasteiger partial charge on any atom is -0.381 e. The van der Waals surface area contributed by atoms with Crippen LogP contribution in [0.4, 0.5) is 0 Å². The average molecular weight is 486 g/mol. The number of rotatable bonds is 26. The normalized spacial score (nSPS) is 13.5. The van der Waals surface area contributed by atoms with Crippen molar-refractivity contribution in [3.8, 4) is 0 Å². The first kappa shape index (κ1) is 33.8. The second kappa shape index (κ2) is 22.1. The molecule has 1 atom stereocenters. The molecule has 0 aromatic heterocycles. The minimum atomic E-state index is -0.235. The monoisotopic (exact) mass is 485 g/mol. The zero-order valence-electron chi connectivity index (χ0n) is 24.2. The standard InChI is InChI=1S/C30H63NO3/c1-7-17-29(18-8-2,19-9-3)20-15-13-12-14-16-28(31)27-30(32-6,21-25-33-23-10-4)22-26-34-24-11-5/h28H,7-27,31H2,1-6H3. The van der Waals surface area contributed by atoms with Crippen molar-refractivity contribution in [2.24, 2.45) is 11.1 Å². The Balaban J connectivity index is 4.52. The molecule has 0 rings (SSSR count). The summed E-state index contributed by atoms with van der Waals surface area (Å²) in [5, 5.41) is 0. The van der Waals surface area contributed by atoms with Crippen molar-refractivity contribution in [2.45, 2.75) is 155 Å². The van der Waals surface area contributed by atoms with Crippen LogP contribution in [-0.2, 0) is 14.2 Å². The summed E-state index contributed by atoms with van der Waals surface area (Å²) in [6.07, 6.45) is 20.7. The Hall–Kier alpha value is -0.160. The molecule has 0 aliphatic rings. The first-order valence-corrected chi connectivity index (χ1v) is 14.9. The number of nitrogens with two attached hydrogens (primary N) is 1. The highest BCUT2D eigenvalue weighted by Crippen LogP contribution is 2.40. The molecule has 0 bridgehead atoms. The van der Waals surface area contributed by atoms with Gasteiger partial charge in [-0.1, -0.05) is 79.6 Å². The molecule has 0 radical (unpaired) electrons. The Bertz CT molecular complexity index is 400. The Labute approximate surface area is 214 Å². The average Bonchev–Trinajstić information content (AvgIpc) is 2.82. The van der Waals surface area contributed by atoms with Crippen molar-refractivity contribution in [3.05, 3.63) is 0 Å². The smallest absolute Gasteiger partial charge is 0.0737 e. The van der Waals surface area contributed by atoms with Gasteiger partial charge in [-0.25, -0.2) is 0 Å². The van der Waals surface area contributed by atoms with Gasteiger partial charge in [0.15, 0.2) is 0 Å². The van der Waals surface area contributed by atoms with Crippen LogP contribution in [0.3, 0.4) is 0 Å². The highest BCUT2D eigenvalue weighted by atomic mass is 16.5. The van der Waals surface area contributed by atoms with E-state index in [1.54, 1.807) is 0 Å². The molecule has 4 nitrogen and oxygen atoms in total. The lowest BCUT2D eigenvalue weighted by Gasteiger charge is -2.35. The highest BCUT2D eigenvalue weighted by molar-refractivity contribution is 4.85. The van der Waals surface area contributed by atoms with E-state index in [2.05, 4.69) is 34.6 Å². The minimum absolute atomic E-state index is 0.177. The van der Waals surface area contributed by atoms with Gasteiger partial charge < -0.3 is 19.9 Å². The van der Waals surface area contributed by atoms with Crippen molar-refractivity contribution >= 4 is 0 Å². The number of hydrogen-bond acceptors (Lipinski definition) is 4. The van der Waals surface area contributed by atoms with Gasteiger partial charge in [0.25, 0.3) is 0 Å². The molecule has 0 saturated heterocycles. The maximum Gasteiger partial charge on any atom is 0.0737 e. The molecule has 34 heavy (non-hydrogen) atoms. The Kier molecular flexibility index (Phi) is 22.0. The Morgan fingerprint density at radius 1 is 0.588 bits per heavy atom. The van der Waals surface area contributed by atoms with Crippen molar-refractivity contribution in [2.75, 3.05) is 33.5 Å². The topological polar surface area (TPSA) is 53.7 Å². The molecule has 4 heteroatoms. The van der Waals surface area contributed by atoms with Gasteiger partial charge in [-0.2, -0.15) is 0 Å². The SMILES string of the molecule is CCCOCCC(CCOCCC)(CC(N)CCCCCCC(CCC)(CCC)CCC)OC. The van der Waals surface area contributed by atoms with E-state index >= 15 is 0 Å². The van der Waals surface area contributed by atoms with E-state index in [4.69, 9.17) is 19.9 Å². The van der Waals surface area contributed by atoms with Gasteiger partial charge in [0, 0.05) is 39.6 Å². The predicted octanol–water partition coefficient (Wildman–Crippen LogP) is 8.45. The molecule has 2 N–H and O–H groups in total. The third-order valence-corrected chi connectivity index (χ3v) is 7.54. The molecule has 0 aromatic rings. The van der Waals surface area contributed by atoms with Crippen LogP contribution in [0, 0.1) is 5.41 Å². The van der Waals surface area contributed by atoms with Crippen LogP contribution in [0.2, 0.25) is 0 Å². The predicted molar refractivity (Wildman–Crippen MR) is 149 cm³/mol. The van der Waals surface area contributed by atoms with E-state index in [-0.39, 0.29) is 11.6 Å². The first-order chi connectivity index (χ1) is 16.5. The molecule has 0 fully saturated rings. The van der Waals surface area contributed by atoms with Crippen LogP contribution in [0.1, 0.15) is 144 Å². The zero-order valence-corrected chi connectivity index (χ0v) is 24.2. The number of hydrogen-bond donors (Lipinski definition) is 1. The summed E-state index contributed by atoms with van der Waals surface area (Å²) in [5.74, 6) is 0. The largest absolute Gasteiger partial charge is 0.381 e. The van der Waals surface area contributed by atoms with E-state index in [0.717, 1.165) is 65.0 Å². The van der Waals surface area contributed by atoms with E-state index in [1.807, 2.05) is 7.11 Å². The molecule has 1 unspecified atom stereocenters. The lowest BCUT2D eigenvalue weighted by molar-refractivity contribution is -0.0679. The fourth-order valence-corrected chi connectivity index (χ4v) is 5.81. The summed E-state index contributed by atoms with van der Waals surface area (Å²) in [5.41, 5.74) is 7.01. The van der Waals surface area contributed by atoms with Crippen LogP contribution in [0.15, 0.2) is 0 Å². The summed E-state index contributed by atoms with van der Waals surface area (Å²) < 4.78 is 17.7. The van der Waals surface area contributed by atoms with Gasteiger partial charge >= 0.3 is 0 Å². The lowest BCUT2D eigenvalue weighted by Crippen LogP contribution is -2.41. The van der Waals surface area contributed by atoms with Crippen LogP contribution in [-0.4, -0.2) is 45.2 Å².